The molecule has 2 unspecified atom stereocenters. The van der Waals surface area contributed by atoms with Gasteiger partial charge in [-0.05, 0) is 36.8 Å². The van der Waals surface area contributed by atoms with Crippen molar-refractivity contribution in [3.05, 3.63) is 58.6 Å². The summed E-state index contributed by atoms with van der Waals surface area (Å²) < 4.78 is 16.0. The van der Waals surface area contributed by atoms with E-state index in [0.717, 1.165) is 5.56 Å². The largest absolute Gasteiger partial charge is 0.496 e. The molecule has 2 aromatic rings. The first-order valence-corrected chi connectivity index (χ1v) is 10.5. The normalized spacial score (nSPS) is 18.4. The van der Waals surface area contributed by atoms with Crippen LogP contribution < -0.4 is 9.47 Å². The van der Waals surface area contributed by atoms with Crippen molar-refractivity contribution in [2.24, 2.45) is 0 Å². The quantitative estimate of drug-likeness (QED) is 0.634. The number of nitrogens with zero attached hydrogens (tertiary/aromatic N) is 1. The molecule has 154 valence electrons. The summed E-state index contributed by atoms with van der Waals surface area (Å²) in [7, 11) is 2.98. The van der Waals surface area contributed by atoms with Gasteiger partial charge in [-0.1, -0.05) is 29.8 Å². The maximum atomic E-state index is 13.7. The summed E-state index contributed by atoms with van der Waals surface area (Å²) in [4.78, 5) is 27.9. The van der Waals surface area contributed by atoms with Crippen LogP contribution in [0, 0.1) is 0 Å². The average molecular weight is 436 g/mol. The molecular formula is C21H22ClNO5S. The smallest absolute Gasteiger partial charge is 0.329 e. The number of hydrogen-bond acceptors (Lipinski definition) is 6. The zero-order chi connectivity index (χ0) is 21.0. The minimum Gasteiger partial charge on any atom is -0.496 e. The monoisotopic (exact) mass is 435 g/mol. The highest BCUT2D eigenvalue weighted by atomic mass is 35.5. The van der Waals surface area contributed by atoms with Crippen LogP contribution in [-0.2, 0) is 9.53 Å². The van der Waals surface area contributed by atoms with Crippen LogP contribution >= 0.6 is 23.4 Å². The van der Waals surface area contributed by atoms with Crippen molar-refractivity contribution in [2.75, 3.05) is 26.6 Å². The lowest BCUT2D eigenvalue weighted by Crippen LogP contribution is -2.44. The van der Waals surface area contributed by atoms with E-state index >= 15 is 0 Å². The number of halogens is 1. The molecule has 8 heteroatoms. The molecule has 29 heavy (non-hydrogen) atoms. The van der Waals surface area contributed by atoms with E-state index in [0.29, 0.717) is 22.3 Å². The molecule has 1 saturated heterocycles. The van der Waals surface area contributed by atoms with Crippen molar-refractivity contribution in [1.29, 1.82) is 0 Å². The molecule has 0 radical (unpaired) electrons. The third-order valence-corrected chi connectivity index (χ3v) is 6.13. The number of amides is 1. The Morgan fingerprint density at radius 3 is 2.38 bits per heavy atom. The summed E-state index contributed by atoms with van der Waals surface area (Å²) in [5, 5.41) is 0.162. The minimum atomic E-state index is -0.731. The van der Waals surface area contributed by atoms with Gasteiger partial charge in [0.05, 0.1) is 20.8 Å². The molecule has 1 aliphatic heterocycles. The number of thioether (sulfide) groups is 1. The first-order valence-electron chi connectivity index (χ1n) is 9.09. The fourth-order valence-corrected chi connectivity index (χ4v) is 4.88. The van der Waals surface area contributed by atoms with E-state index in [1.165, 1.54) is 30.9 Å². The fourth-order valence-electron chi connectivity index (χ4n) is 3.28. The Bertz CT molecular complexity index is 884. The lowest BCUT2D eigenvalue weighted by molar-refractivity contribution is -0.147. The summed E-state index contributed by atoms with van der Waals surface area (Å²) in [5.41, 5.74) is 1.10. The third-order valence-electron chi connectivity index (χ3n) is 4.57. The Balaban J connectivity index is 2.09. The Labute approximate surface area is 179 Å². The number of benzene rings is 2. The molecule has 1 amide bonds. The van der Waals surface area contributed by atoms with Crippen LogP contribution in [0.2, 0.25) is 5.02 Å². The lowest BCUT2D eigenvalue weighted by Gasteiger charge is -2.29. The van der Waals surface area contributed by atoms with E-state index in [-0.39, 0.29) is 18.1 Å². The fraction of sp³-hybridized carbons (Fsp3) is 0.333. The number of carbonyl (C=O) groups is 2. The molecule has 1 fully saturated rings. The van der Waals surface area contributed by atoms with Gasteiger partial charge >= 0.3 is 5.97 Å². The van der Waals surface area contributed by atoms with Gasteiger partial charge in [-0.2, -0.15) is 0 Å². The van der Waals surface area contributed by atoms with E-state index in [2.05, 4.69) is 0 Å². The molecule has 0 aromatic heterocycles. The van der Waals surface area contributed by atoms with Crippen molar-refractivity contribution >= 4 is 35.2 Å². The molecular weight excluding hydrogens is 414 g/mol. The highest BCUT2D eigenvalue weighted by molar-refractivity contribution is 7.99. The van der Waals surface area contributed by atoms with Crippen LogP contribution in [0.4, 0.5) is 0 Å². The van der Waals surface area contributed by atoms with Gasteiger partial charge in [0, 0.05) is 10.8 Å². The number of hydrogen-bond donors (Lipinski definition) is 0. The molecule has 0 bridgehead atoms. The number of esters is 1. The van der Waals surface area contributed by atoms with Crippen LogP contribution in [-0.4, -0.2) is 49.4 Å². The van der Waals surface area contributed by atoms with E-state index in [9.17, 15) is 9.59 Å². The van der Waals surface area contributed by atoms with E-state index in [4.69, 9.17) is 25.8 Å². The second kappa shape index (κ2) is 9.41. The van der Waals surface area contributed by atoms with Crippen LogP contribution in [0.5, 0.6) is 11.5 Å². The average Bonchev–Trinajstić information content (AvgIpc) is 3.18. The van der Waals surface area contributed by atoms with E-state index in [1.54, 1.807) is 37.3 Å². The van der Waals surface area contributed by atoms with Crippen molar-refractivity contribution in [2.45, 2.75) is 18.3 Å². The molecule has 1 heterocycles. The highest BCUT2D eigenvalue weighted by Crippen LogP contribution is 2.44. The van der Waals surface area contributed by atoms with Crippen LogP contribution in [0.15, 0.2) is 42.5 Å². The standard InChI is InChI=1S/C21H22ClNO5S/c1-4-28-21(25)15-12-29-20(13-7-5-8-14(22)11-13)23(15)19(24)18-16(26-2)9-6-10-17(18)27-3/h5-11,15,20H,4,12H2,1-3H3. The Kier molecular flexibility index (Phi) is 6.92. The van der Waals surface area contributed by atoms with E-state index < -0.39 is 17.4 Å². The molecule has 6 nitrogen and oxygen atoms in total. The number of carbonyl (C=O) groups excluding carboxylic acids is 2. The molecule has 0 aliphatic carbocycles. The van der Waals surface area contributed by atoms with Crippen LogP contribution in [0.3, 0.4) is 0 Å². The van der Waals surface area contributed by atoms with Gasteiger partial charge in [-0.15, -0.1) is 11.8 Å². The van der Waals surface area contributed by atoms with Gasteiger partial charge in [0.25, 0.3) is 5.91 Å². The second-order valence-electron chi connectivity index (χ2n) is 6.26. The Morgan fingerprint density at radius 1 is 1.14 bits per heavy atom. The zero-order valence-electron chi connectivity index (χ0n) is 16.4. The summed E-state index contributed by atoms with van der Waals surface area (Å²) in [6, 6.07) is 11.7. The van der Waals surface area contributed by atoms with Gasteiger partial charge in [-0.3, -0.25) is 4.79 Å². The maximum Gasteiger partial charge on any atom is 0.329 e. The number of ether oxygens (including phenoxy) is 3. The van der Waals surface area contributed by atoms with Crippen LogP contribution in [0.1, 0.15) is 28.2 Å². The first-order chi connectivity index (χ1) is 14.0. The molecule has 0 saturated carbocycles. The van der Waals surface area contributed by atoms with Crippen molar-refractivity contribution in [1.82, 2.24) is 4.90 Å². The molecule has 3 rings (SSSR count). The predicted molar refractivity (Wildman–Crippen MR) is 113 cm³/mol. The Hall–Kier alpha value is -2.38. The molecule has 1 aliphatic rings. The second-order valence-corrected chi connectivity index (χ2v) is 7.81. The summed E-state index contributed by atoms with van der Waals surface area (Å²) in [6.07, 6.45) is 0. The van der Waals surface area contributed by atoms with Gasteiger partial charge < -0.3 is 19.1 Å². The molecule has 2 aromatic carbocycles. The topological polar surface area (TPSA) is 65.1 Å². The van der Waals surface area contributed by atoms with Gasteiger partial charge in [0.15, 0.2) is 0 Å². The summed E-state index contributed by atoms with van der Waals surface area (Å²) in [5.74, 6) is 0.357. The SMILES string of the molecule is CCOC(=O)C1CSC(c2cccc(Cl)c2)N1C(=O)c1c(OC)cccc1OC. The van der Waals surface area contributed by atoms with Gasteiger partial charge in [0.2, 0.25) is 0 Å². The van der Waals surface area contributed by atoms with Crippen molar-refractivity contribution in [3.63, 3.8) is 0 Å². The predicted octanol–water partition coefficient (Wildman–Crippen LogP) is 4.18. The third kappa shape index (κ3) is 4.31. The molecule has 0 N–H and O–H groups in total. The maximum absolute atomic E-state index is 13.7. The summed E-state index contributed by atoms with van der Waals surface area (Å²) in [6.45, 7) is 1.98. The summed E-state index contributed by atoms with van der Waals surface area (Å²) >= 11 is 7.66. The molecule has 2 atom stereocenters. The number of rotatable bonds is 6. The lowest BCUT2D eigenvalue weighted by atomic mass is 10.1. The zero-order valence-corrected chi connectivity index (χ0v) is 18.0. The van der Waals surface area contributed by atoms with Crippen molar-refractivity contribution in [3.8, 4) is 11.5 Å². The minimum absolute atomic E-state index is 0.238. The number of methoxy groups -OCH3 is 2. The first kappa shape index (κ1) is 21.3. The van der Waals surface area contributed by atoms with Crippen LogP contribution in [0.25, 0.3) is 0 Å². The van der Waals surface area contributed by atoms with Gasteiger partial charge in [-0.25, -0.2) is 4.79 Å². The highest BCUT2D eigenvalue weighted by Gasteiger charge is 2.44. The van der Waals surface area contributed by atoms with Crippen molar-refractivity contribution < 1.29 is 23.8 Å². The van der Waals surface area contributed by atoms with E-state index in [1.807, 2.05) is 12.1 Å². The molecule has 0 spiro atoms. The Morgan fingerprint density at radius 2 is 1.79 bits per heavy atom. The van der Waals surface area contributed by atoms with Gasteiger partial charge in [0.1, 0.15) is 28.5 Å².